The maximum absolute atomic E-state index is 5.92. The first-order valence-electron chi connectivity index (χ1n) is 9.52. The number of ether oxygens (including phenoxy) is 1. The lowest BCUT2D eigenvalue weighted by atomic mass is 10.1. The van der Waals surface area contributed by atoms with E-state index in [2.05, 4.69) is 6.07 Å². The number of benzene rings is 4. The summed E-state index contributed by atoms with van der Waals surface area (Å²) in [6, 6.07) is 36.0. The molecule has 1 aromatic heterocycles. The Hall–Kier alpha value is -3.98. The smallest absolute Gasteiger partial charge is 0.160 e. The maximum atomic E-state index is 5.92. The minimum Gasteiger partial charge on any atom is -0.457 e. The maximum Gasteiger partial charge on any atom is 0.160 e. The van der Waals surface area contributed by atoms with Crippen LogP contribution in [0.25, 0.3) is 33.5 Å². The van der Waals surface area contributed by atoms with Gasteiger partial charge in [-0.15, -0.1) is 0 Å². The molecule has 3 heteroatoms. The normalized spacial score (nSPS) is 10.8. The first kappa shape index (κ1) is 17.1. The molecule has 0 bridgehead atoms. The molecule has 0 amide bonds. The van der Waals surface area contributed by atoms with Gasteiger partial charge in [-0.2, -0.15) is 0 Å². The van der Waals surface area contributed by atoms with Gasteiger partial charge in [0.1, 0.15) is 11.5 Å². The van der Waals surface area contributed by atoms with Gasteiger partial charge < -0.3 is 4.74 Å². The predicted molar refractivity (Wildman–Crippen MR) is 117 cm³/mol. The standard InChI is InChI=1S/C26H18N2O/c1-3-9-20(10-4-1)26-27-24-14-8-7-13-23(24)25(28-26)19-15-17-22(18-16-19)29-21-11-5-2-6-12-21/h1-18H. The Morgan fingerprint density at radius 2 is 1.10 bits per heavy atom. The molecule has 0 aliphatic rings. The zero-order valence-electron chi connectivity index (χ0n) is 15.7. The SMILES string of the molecule is c1ccc(Oc2ccc(-c3nc(-c4ccccc4)nc4ccccc34)cc2)cc1. The third-order valence-electron chi connectivity index (χ3n) is 4.74. The van der Waals surface area contributed by atoms with Gasteiger partial charge in [-0.3, -0.25) is 0 Å². The zero-order chi connectivity index (χ0) is 19.5. The summed E-state index contributed by atoms with van der Waals surface area (Å²) in [5.74, 6) is 2.34. The largest absolute Gasteiger partial charge is 0.457 e. The number of fused-ring (bicyclic) bond motifs is 1. The van der Waals surface area contributed by atoms with Gasteiger partial charge in [0.15, 0.2) is 5.82 Å². The van der Waals surface area contributed by atoms with Crippen molar-refractivity contribution in [1.82, 2.24) is 9.97 Å². The van der Waals surface area contributed by atoms with Crippen LogP contribution in [0.2, 0.25) is 0 Å². The Morgan fingerprint density at radius 3 is 1.86 bits per heavy atom. The average molecular weight is 374 g/mol. The van der Waals surface area contributed by atoms with Gasteiger partial charge in [0.05, 0.1) is 11.2 Å². The molecule has 5 rings (SSSR count). The monoisotopic (exact) mass is 374 g/mol. The minimum absolute atomic E-state index is 0.726. The average Bonchev–Trinajstić information content (AvgIpc) is 2.80. The molecule has 0 unspecified atom stereocenters. The highest BCUT2D eigenvalue weighted by atomic mass is 16.5. The predicted octanol–water partition coefficient (Wildman–Crippen LogP) is 6.76. The summed E-state index contributed by atoms with van der Waals surface area (Å²) >= 11 is 0. The highest BCUT2D eigenvalue weighted by Crippen LogP contribution is 2.31. The van der Waals surface area contributed by atoms with Crippen molar-refractivity contribution in [2.75, 3.05) is 0 Å². The molecule has 0 aliphatic heterocycles. The van der Waals surface area contributed by atoms with E-state index in [9.17, 15) is 0 Å². The van der Waals surface area contributed by atoms with E-state index in [1.54, 1.807) is 0 Å². The summed E-state index contributed by atoms with van der Waals surface area (Å²) < 4.78 is 5.92. The molecule has 0 N–H and O–H groups in total. The van der Waals surface area contributed by atoms with Crippen LogP contribution in [-0.2, 0) is 0 Å². The van der Waals surface area contributed by atoms with Gasteiger partial charge in [-0.05, 0) is 42.5 Å². The van der Waals surface area contributed by atoms with Crippen LogP contribution in [0.3, 0.4) is 0 Å². The van der Waals surface area contributed by atoms with E-state index in [-0.39, 0.29) is 0 Å². The first-order valence-corrected chi connectivity index (χ1v) is 9.52. The van der Waals surface area contributed by atoms with Crippen LogP contribution in [-0.4, -0.2) is 9.97 Å². The Bertz CT molecular complexity index is 1250. The highest BCUT2D eigenvalue weighted by Gasteiger charge is 2.11. The molecule has 29 heavy (non-hydrogen) atoms. The van der Waals surface area contributed by atoms with Crippen LogP contribution in [0.15, 0.2) is 109 Å². The van der Waals surface area contributed by atoms with Crippen molar-refractivity contribution in [3.8, 4) is 34.1 Å². The number of hydrogen-bond acceptors (Lipinski definition) is 3. The summed E-state index contributed by atoms with van der Waals surface area (Å²) in [6.45, 7) is 0. The molecule has 0 atom stereocenters. The van der Waals surface area contributed by atoms with E-state index >= 15 is 0 Å². The first-order chi connectivity index (χ1) is 14.4. The summed E-state index contributed by atoms with van der Waals surface area (Å²) in [6.07, 6.45) is 0. The van der Waals surface area contributed by atoms with Gasteiger partial charge in [0.2, 0.25) is 0 Å². The second kappa shape index (κ2) is 7.56. The Kier molecular flexibility index (Phi) is 4.47. The van der Waals surface area contributed by atoms with E-state index in [0.717, 1.165) is 45.0 Å². The summed E-state index contributed by atoms with van der Waals surface area (Å²) in [5.41, 5.74) is 3.88. The van der Waals surface area contributed by atoms with Crippen LogP contribution < -0.4 is 4.74 Å². The third-order valence-corrected chi connectivity index (χ3v) is 4.74. The van der Waals surface area contributed by atoms with Gasteiger partial charge >= 0.3 is 0 Å². The van der Waals surface area contributed by atoms with E-state index < -0.39 is 0 Å². The molecule has 5 aromatic rings. The van der Waals surface area contributed by atoms with Gasteiger partial charge in [0.25, 0.3) is 0 Å². The highest BCUT2D eigenvalue weighted by molar-refractivity contribution is 5.93. The number of hydrogen-bond donors (Lipinski definition) is 0. The lowest BCUT2D eigenvalue weighted by Gasteiger charge is -2.10. The molecule has 0 aliphatic carbocycles. The van der Waals surface area contributed by atoms with Crippen LogP contribution in [0.1, 0.15) is 0 Å². The molecular formula is C26H18N2O. The number of rotatable bonds is 4. The summed E-state index contributed by atoms with van der Waals surface area (Å²) in [4.78, 5) is 9.67. The van der Waals surface area contributed by atoms with Crippen LogP contribution in [0.5, 0.6) is 11.5 Å². The lowest BCUT2D eigenvalue weighted by Crippen LogP contribution is -1.95. The van der Waals surface area contributed by atoms with Crippen molar-refractivity contribution in [3.63, 3.8) is 0 Å². The molecule has 138 valence electrons. The number of nitrogens with zero attached hydrogens (tertiary/aromatic N) is 2. The Balaban J connectivity index is 1.57. The van der Waals surface area contributed by atoms with E-state index in [1.807, 2.05) is 103 Å². The quantitative estimate of drug-likeness (QED) is 0.349. The van der Waals surface area contributed by atoms with Crippen molar-refractivity contribution in [2.45, 2.75) is 0 Å². The minimum atomic E-state index is 0.726. The summed E-state index contributed by atoms with van der Waals surface area (Å²) in [5, 5.41) is 1.03. The van der Waals surface area contributed by atoms with Crippen molar-refractivity contribution < 1.29 is 4.74 Å². The van der Waals surface area contributed by atoms with Crippen LogP contribution in [0, 0.1) is 0 Å². The fourth-order valence-electron chi connectivity index (χ4n) is 3.32. The third kappa shape index (κ3) is 3.58. The van der Waals surface area contributed by atoms with E-state index in [4.69, 9.17) is 14.7 Å². The molecular weight excluding hydrogens is 356 g/mol. The molecule has 0 saturated heterocycles. The molecule has 3 nitrogen and oxygen atoms in total. The number of aromatic nitrogens is 2. The van der Waals surface area contributed by atoms with Crippen molar-refractivity contribution in [2.24, 2.45) is 0 Å². The van der Waals surface area contributed by atoms with E-state index in [1.165, 1.54) is 0 Å². The lowest BCUT2D eigenvalue weighted by molar-refractivity contribution is 0.483. The molecule has 0 spiro atoms. The fourth-order valence-corrected chi connectivity index (χ4v) is 3.32. The van der Waals surface area contributed by atoms with Crippen molar-refractivity contribution in [3.05, 3.63) is 109 Å². The molecule has 0 radical (unpaired) electrons. The van der Waals surface area contributed by atoms with E-state index in [0.29, 0.717) is 0 Å². The Morgan fingerprint density at radius 1 is 0.483 bits per heavy atom. The van der Waals surface area contributed by atoms with Crippen LogP contribution >= 0.6 is 0 Å². The van der Waals surface area contributed by atoms with Gasteiger partial charge in [0, 0.05) is 16.5 Å². The Labute approximate surface area is 169 Å². The molecule has 1 heterocycles. The molecule has 0 saturated carbocycles. The zero-order valence-corrected chi connectivity index (χ0v) is 15.7. The summed E-state index contributed by atoms with van der Waals surface area (Å²) in [7, 11) is 0. The fraction of sp³-hybridized carbons (Fsp3) is 0. The molecule has 0 fully saturated rings. The van der Waals surface area contributed by atoms with Gasteiger partial charge in [-0.1, -0.05) is 66.7 Å². The van der Waals surface area contributed by atoms with Crippen molar-refractivity contribution in [1.29, 1.82) is 0 Å². The second-order valence-corrected chi connectivity index (χ2v) is 6.72. The topological polar surface area (TPSA) is 35.0 Å². The molecule has 4 aromatic carbocycles. The number of para-hydroxylation sites is 2. The van der Waals surface area contributed by atoms with Crippen LogP contribution in [0.4, 0.5) is 0 Å². The van der Waals surface area contributed by atoms with Crippen molar-refractivity contribution >= 4 is 10.9 Å². The van der Waals surface area contributed by atoms with Gasteiger partial charge in [-0.25, -0.2) is 9.97 Å². The second-order valence-electron chi connectivity index (χ2n) is 6.72.